The molecule has 0 aliphatic carbocycles. The molecule has 0 fully saturated rings. The molecule has 0 aliphatic heterocycles. The molecule has 4 nitrogen and oxygen atoms in total. The number of para-hydroxylation sites is 1. The van der Waals surface area contributed by atoms with Crippen LogP contribution in [0.25, 0.3) is 10.9 Å². The zero-order valence-electron chi connectivity index (χ0n) is 12.3. The number of hydrogen-bond donors (Lipinski definition) is 0. The fourth-order valence-electron chi connectivity index (χ4n) is 2.47. The number of carbonyl (C=O) groups excluding carboxylic acids is 1. The number of carbonyl (C=O) groups is 1. The first kappa shape index (κ1) is 14.3. The highest BCUT2D eigenvalue weighted by Gasteiger charge is 2.21. The van der Waals surface area contributed by atoms with E-state index < -0.39 is 5.97 Å². The van der Waals surface area contributed by atoms with Gasteiger partial charge in [-0.05, 0) is 39.8 Å². The van der Waals surface area contributed by atoms with Crippen LogP contribution in [0.5, 0.6) is 0 Å². The summed E-state index contributed by atoms with van der Waals surface area (Å²) in [5, 5.41) is 0.631. The van der Waals surface area contributed by atoms with E-state index in [4.69, 9.17) is 4.74 Å². The van der Waals surface area contributed by atoms with Crippen LogP contribution in [0.1, 0.15) is 42.9 Å². The minimum atomic E-state index is -0.443. The Kier molecular flexibility index (Phi) is 3.93. The summed E-state index contributed by atoms with van der Waals surface area (Å²) < 4.78 is 6.98. The molecule has 1 aromatic heterocycles. The van der Waals surface area contributed by atoms with Gasteiger partial charge in [0, 0.05) is 17.0 Å². The monoisotopic (exact) mass is 273 g/mol. The second-order valence-corrected chi connectivity index (χ2v) is 5.00. The van der Waals surface area contributed by atoms with E-state index in [-0.39, 0.29) is 18.1 Å². The second kappa shape index (κ2) is 5.49. The van der Waals surface area contributed by atoms with E-state index in [0.717, 1.165) is 5.52 Å². The predicted molar refractivity (Wildman–Crippen MR) is 79.3 cm³/mol. The van der Waals surface area contributed by atoms with Gasteiger partial charge < -0.3 is 9.30 Å². The first-order valence-corrected chi connectivity index (χ1v) is 6.80. The highest BCUT2D eigenvalue weighted by molar-refractivity contribution is 5.93. The first-order chi connectivity index (χ1) is 9.49. The molecule has 0 aliphatic rings. The van der Waals surface area contributed by atoms with Crippen molar-refractivity contribution in [3.8, 4) is 0 Å². The van der Waals surface area contributed by atoms with Crippen LogP contribution < -0.4 is 5.43 Å². The lowest BCUT2D eigenvalue weighted by molar-refractivity contribution is 0.0510. The number of fused-ring (bicyclic) bond motifs is 1. The Labute approximate surface area is 118 Å². The van der Waals surface area contributed by atoms with Crippen LogP contribution in [0, 0.1) is 6.92 Å². The van der Waals surface area contributed by atoms with E-state index in [1.54, 1.807) is 19.9 Å². The minimum Gasteiger partial charge on any atom is -0.461 e. The molecule has 0 spiro atoms. The summed E-state index contributed by atoms with van der Waals surface area (Å²) in [4.78, 5) is 24.6. The molecule has 4 heteroatoms. The Balaban J connectivity index is 2.92. The van der Waals surface area contributed by atoms with Crippen LogP contribution in [-0.4, -0.2) is 17.1 Å². The summed E-state index contributed by atoms with van der Waals surface area (Å²) in [6.45, 7) is 7.70. The summed E-state index contributed by atoms with van der Waals surface area (Å²) in [5.74, 6) is -0.443. The normalized spacial score (nSPS) is 11.1. The maximum absolute atomic E-state index is 12.4. The molecular formula is C16H19NO3. The van der Waals surface area contributed by atoms with Crippen molar-refractivity contribution in [2.45, 2.75) is 33.7 Å². The molecule has 0 unspecified atom stereocenters. The number of esters is 1. The number of pyridine rings is 1. The molecular weight excluding hydrogens is 254 g/mol. The van der Waals surface area contributed by atoms with Gasteiger partial charge in [-0.1, -0.05) is 12.1 Å². The summed E-state index contributed by atoms with van der Waals surface area (Å²) in [6, 6.07) is 7.40. The van der Waals surface area contributed by atoms with Crippen LogP contribution in [0.2, 0.25) is 0 Å². The van der Waals surface area contributed by atoms with E-state index in [1.807, 2.05) is 36.6 Å². The third-order valence-corrected chi connectivity index (χ3v) is 3.33. The van der Waals surface area contributed by atoms with Crippen LogP contribution in [-0.2, 0) is 4.74 Å². The van der Waals surface area contributed by atoms with Crippen LogP contribution in [0.4, 0.5) is 0 Å². The molecule has 20 heavy (non-hydrogen) atoms. The summed E-state index contributed by atoms with van der Waals surface area (Å²) >= 11 is 0. The number of hydrogen-bond acceptors (Lipinski definition) is 3. The van der Waals surface area contributed by atoms with Gasteiger partial charge in [-0.25, -0.2) is 4.79 Å². The highest BCUT2D eigenvalue weighted by atomic mass is 16.5. The van der Waals surface area contributed by atoms with Gasteiger partial charge in [-0.15, -0.1) is 0 Å². The van der Waals surface area contributed by atoms with Crippen molar-refractivity contribution in [1.29, 1.82) is 0 Å². The molecule has 2 rings (SSSR count). The molecule has 1 heterocycles. The number of ether oxygens (including phenoxy) is 1. The van der Waals surface area contributed by atoms with Gasteiger partial charge in [-0.2, -0.15) is 0 Å². The Hall–Kier alpha value is -2.10. The molecule has 0 bridgehead atoms. The summed E-state index contributed by atoms with van der Waals surface area (Å²) in [5.41, 5.74) is 1.45. The minimum absolute atomic E-state index is 0.0543. The van der Waals surface area contributed by atoms with Gasteiger partial charge in [0.15, 0.2) is 5.43 Å². The van der Waals surface area contributed by atoms with Crippen molar-refractivity contribution in [3.63, 3.8) is 0 Å². The third kappa shape index (κ3) is 2.22. The highest BCUT2D eigenvalue weighted by Crippen LogP contribution is 2.21. The largest absolute Gasteiger partial charge is 0.461 e. The number of benzene rings is 1. The molecule has 0 amide bonds. The molecule has 0 saturated carbocycles. The topological polar surface area (TPSA) is 48.3 Å². The Bertz CT molecular complexity index is 713. The van der Waals surface area contributed by atoms with Crippen molar-refractivity contribution in [2.75, 3.05) is 6.61 Å². The number of rotatable bonds is 3. The van der Waals surface area contributed by atoms with E-state index in [2.05, 4.69) is 0 Å². The SMILES string of the molecule is CCOC(=O)c1c(C)c(=O)c2ccccc2n1C(C)C. The van der Waals surface area contributed by atoms with Crippen molar-refractivity contribution in [2.24, 2.45) is 0 Å². The van der Waals surface area contributed by atoms with E-state index in [0.29, 0.717) is 16.6 Å². The Morgan fingerprint density at radius 1 is 1.30 bits per heavy atom. The van der Waals surface area contributed by atoms with Gasteiger partial charge >= 0.3 is 5.97 Å². The Morgan fingerprint density at radius 3 is 2.55 bits per heavy atom. The van der Waals surface area contributed by atoms with E-state index in [9.17, 15) is 9.59 Å². The molecule has 0 saturated heterocycles. The average molecular weight is 273 g/mol. The van der Waals surface area contributed by atoms with Gasteiger partial charge in [-0.3, -0.25) is 4.79 Å². The number of aromatic nitrogens is 1. The second-order valence-electron chi connectivity index (χ2n) is 5.00. The quantitative estimate of drug-likeness (QED) is 0.807. The zero-order chi connectivity index (χ0) is 14.9. The maximum Gasteiger partial charge on any atom is 0.355 e. The predicted octanol–water partition coefficient (Wildman–Crippen LogP) is 3.07. The first-order valence-electron chi connectivity index (χ1n) is 6.80. The molecule has 0 radical (unpaired) electrons. The summed E-state index contributed by atoms with van der Waals surface area (Å²) in [7, 11) is 0. The van der Waals surface area contributed by atoms with E-state index >= 15 is 0 Å². The molecule has 0 atom stereocenters. The molecule has 106 valence electrons. The van der Waals surface area contributed by atoms with Crippen molar-refractivity contribution >= 4 is 16.9 Å². The standard InChI is InChI=1S/C16H19NO3/c1-5-20-16(19)14-11(4)15(18)12-8-6-7-9-13(12)17(14)10(2)3/h6-10H,5H2,1-4H3. The van der Waals surface area contributed by atoms with Gasteiger partial charge in [0.25, 0.3) is 0 Å². The lowest BCUT2D eigenvalue weighted by Gasteiger charge is -2.21. The van der Waals surface area contributed by atoms with Crippen LogP contribution >= 0.6 is 0 Å². The Morgan fingerprint density at radius 2 is 1.95 bits per heavy atom. The van der Waals surface area contributed by atoms with E-state index in [1.165, 1.54) is 0 Å². The smallest absolute Gasteiger partial charge is 0.355 e. The molecule has 0 N–H and O–H groups in total. The zero-order valence-corrected chi connectivity index (χ0v) is 12.3. The lowest BCUT2D eigenvalue weighted by atomic mass is 10.1. The third-order valence-electron chi connectivity index (χ3n) is 3.33. The average Bonchev–Trinajstić information content (AvgIpc) is 2.42. The maximum atomic E-state index is 12.4. The van der Waals surface area contributed by atoms with Crippen molar-refractivity contribution in [3.05, 3.63) is 45.7 Å². The van der Waals surface area contributed by atoms with Crippen molar-refractivity contribution in [1.82, 2.24) is 4.57 Å². The van der Waals surface area contributed by atoms with Gasteiger partial charge in [0.05, 0.1) is 12.1 Å². The fourth-order valence-corrected chi connectivity index (χ4v) is 2.47. The van der Waals surface area contributed by atoms with Crippen molar-refractivity contribution < 1.29 is 9.53 Å². The summed E-state index contributed by atoms with van der Waals surface area (Å²) in [6.07, 6.45) is 0. The lowest BCUT2D eigenvalue weighted by Crippen LogP contribution is -2.24. The van der Waals surface area contributed by atoms with Gasteiger partial charge in [0.2, 0.25) is 0 Å². The van der Waals surface area contributed by atoms with Crippen LogP contribution in [0.3, 0.4) is 0 Å². The molecule has 1 aromatic carbocycles. The van der Waals surface area contributed by atoms with Crippen LogP contribution in [0.15, 0.2) is 29.1 Å². The van der Waals surface area contributed by atoms with Gasteiger partial charge in [0.1, 0.15) is 5.69 Å². The number of nitrogens with zero attached hydrogens (tertiary/aromatic N) is 1. The molecule has 2 aromatic rings. The fraction of sp³-hybridized carbons (Fsp3) is 0.375.